The highest BCUT2D eigenvalue weighted by molar-refractivity contribution is 6.45. The average molecular weight is 472 g/mol. The van der Waals surface area contributed by atoms with Gasteiger partial charge in [-0.1, -0.05) is 29.3 Å². The van der Waals surface area contributed by atoms with E-state index in [1.807, 2.05) is 12.9 Å². The molecule has 2 fully saturated rings. The topological polar surface area (TPSA) is 39.6 Å². The van der Waals surface area contributed by atoms with Crippen molar-refractivity contribution in [2.24, 2.45) is 11.8 Å². The van der Waals surface area contributed by atoms with Gasteiger partial charge < -0.3 is 9.83 Å². The Morgan fingerprint density at radius 2 is 1.53 bits per heavy atom. The molecule has 0 bridgehead atoms. The first-order valence-electron chi connectivity index (χ1n) is 12.1. The van der Waals surface area contributed by atoms with Gasteiger partial charge in [-0.05, 0) is 118 Å². The summed E-state index contributed by atoms with van der Waals surface area (Å²) in [4.78, 5) is 9.69. The third kappa shape index (κ3) is 4.60. The zero-order valence-corrected chi connectivity index (χ0v) is 20.3. The Balaban J connectivity index is 1.35. The van der Waals surface area contributed by atoms with Crippen molar-refractivity contribution in [3.05, 3.63) is 62.9 Å². The van der Waals surface area contributed by atoms with E-state index in [9.17, 15) is 5.02 Å². The molecule has 1 aromatic heterocycles. The van der Waals surface area contributed by atoms with E-state index in [-0.39, 0.29) is 13.1 Å². The lowest BCUT2D eigenvalue weighted by Crippen LogP contribution is -2.46. The lowest BCUT2D eigenvalue weighted by Gasteiger charge is -2.43. The maximum atomic E-state index is 9.87. The number of aryl methyl sites for hydroxylation is 2. The molecule has 5 rings (SSSR count). The highest BCUT2D eigenvalue weighted by atomic mass is 35.5. The first-order valence-corrected chi connectivity index (χ1v) is 12.8. The van der Waals surface area contributed by atoms with E-state index < -0.39 is 0 Å². The van der Waals surface area contributed by atoms with Crippen molar-refractivity contribution in [1.29, 1.82) is 0 Å². The number of aromatic nitrogens is 1. The number of hydrogen-bond donors (Lipinski definition) is 1. The number of benzene rings is 1. The third-order valence-corrected chi connectivity index (χ3v) is 8.44. The number of pyridine rings is 1. The highest BCUT2D eigenvalue weighted by Crippen LogP contribution is 2.41. The summed E-state index contributed by atoms with van der Waals surface area (Å²) in [5.74, 6) is 1.58. The van der Waals surface area contributed by atoms with Gasteiger partial charge in [0.1, 0.15) is 0 Å². The molecule has 1 atom stereocenters. The second-order valence-electron chi connectivity index (χ2n) is 9.82. The normalized spacial score (nSPS) is 23.4. The van der Waals surface area contributed by atoms with E-state index in [4.69, 9.17) is 28.2 Å². The van der Waals surface area contributed by atoms with Gasteiger partial charge in [-0.25, -0.2) is 0 Å². The van der Waals surface area contributed by atoms with Crippen LogP contribution in [-0.4, -0.2) is 52.9 Å². The number of fused-ring (bicyclic) bond motifs is 2. The van der Waals surface area contributed by atoms with Crippen LogP contribution in [0.3, 0.4) is 0 Å². The van der Waals surface area contributed by atoms with Crippen LogP contribution in [0.1, 0.15) is 54.1 Å². The number of likely N-dealkylation sites (tertiary alicyclic amines) is 1. The lowest BCUT2D eigenvalue weighted by atomic mass is 9.75. The van der Waals surface area contributed by atoms with E-state index in [0.717, 1.165) is 55.9 Å². The van der Waals surface area contributed by atoms with Gasteiger partial charge in [0.2, 0.25) is 0 Å². The molecule has 1 N–H and O–H groups in total. The van der Waals surface area contributed by atoms with E-state index >= 15 is 0 Å². The predicted molar refractivity (Wildman–Crippen MR) is 132 cm³/mol. The standard InChI is InChI=1S/C25H32BCl2N3O/c1-26(32)31-12-8-18(9-13-31)17-6-10-30(11-7-17)25-23-5-4-21(27)14-19(23)2-3-20-15-22(28)16-29-24(20)25/h4-5,14-18,25,32H,2-3,6-13H2,1H3. The fraction of sp³-hybridized carbons (Fsp3) is 0.560. The molecule has 3 heterocycles. The Labute approximate surface area is 202 Å². The van der Waals surface area contributed by atoms with Crippen molar-refractivity contribution in [2.45, 2.75) is 51.4 Å². The van der Waals surface area contributed by atoms with Crippen molar-refractivity contribution in [1.82, 2.24) is 14.7 Å². The van der Waals surface area contributed by atoms with Gasteiger partial charge in [0, 0.05) is 11.2 Å². The van der Waals surface area contributed by atoms with Crippen LogP contribution in [0.2, 0.25) is 16.9 Å². The van der Waals surface area contributed by atoms with Crippen LogP contribution in [0.4, 0.5) is 0 Å². The minimum atomic E-state index is -0.317. The van der Waals surface area contributed by atoms with E-state index in [0.29, 0.717) is 5.02 Å². The Morgan fingerprint density at radius 3 is 2.22 bits per heavy atom. The summed E-state index contributed by atoms with van der Waals surface area (Å²) >= 11 is 12.7. The molecular formula is C25H32BCl2N3O. The monoisotopic (exact) mass is 471 g/mol. The molecule has 1 unspecified atom stereocenters. The molecular weight excluding hydrogens is 440 g/mol. The van der Waals surface area contributed by atoms with Crippen LogP contribution in [0.5, 0.6) is 0 Å². The number of hydrogen-bond acceptors (Lipinski definition) is 4. The molecule has 3 aliphatic rings. The maximum Gasteiger partial charge on any atom is 0.376 e. The number of halogens is 2. The summed E-state index contributed by atoms with van der Waals surface area (Å²) in [6, 6.07) is 8.66. The van der Waals surface area contributed by atoms with Gasteiger partial charge in [-0.3, -0.25) is 9.88 Å². The first kappa shape index (κ1) is 22.7. The lowest BCUT2D eigenvalue weighted by molar-refractivity contribution is 0.0962. The molecule has 2 aromatic rings. The molecule has 1 aliphatic carbocycles. The third-order valence-electron chi connectivity index (χ3n) is 8.00. The van der Waals surface area contributed by atoms with Crippen molar-refractivity contribution in [2.75, 3.05) is 26.2 Å². The predicted octanol–water partition coefficient (Wildman–Crippen LogP) is 5.11. The van der Waals surface area contributed by atoms with Crippen molar-refractivity contribution in [3.8, 4) is 0 Å². The maximum absolute atomic E-state index is 9.87. The van der Waals surface area contributed by atoms with Crippen LogP contribution in [0.15, 0.2) is 30.5 Å². The smallest absolute Gasteiger partial charge is 0.376 e. The number of rotatable bonds is 3. The van der Waals surface area contributed by atoms with Crippen LogP contribution in [0, 0.1) is 11.8 Å². The minimum absolute atomic E-state index is 0.176. The zero-order chi connectivity index (χ0) is 22.2. The van der Waals surface area contributed by atoms with Gasteiger partial charge in [-0.15, -0.1) is 0 Å². The molecule has 170 valence electrons. The Morgan fingerprint density at radius 1 is 0.906 bits per heavy atom. The Hall–Kier alpha value is -1.11. The summed E-state index contributed by atoms with van der Waals surface area (Å²) in [6.45, 7) is 6.12. The van der Waals surface area contributed by atoms with Crippen molar-refractivity contribution >= 4 is 30.3 Å². The molecule has 0 amide bonds. The fourth-order valence-corrected chi connectivity index (χ4v) is 6.57. The quantitative estimate of drug-likeness (QED) is 0.631. The summed E-state index contributed by atoms with van der Waals surface area (Å²) in [5.41, 5.74) is 5.12. The van der Waals surface area contributed by atoms with Gasteiger partial charge in [0.05, 0.1) is 16.8 Å². The van der Waals surface area contributed by atoms with Crippen LogP contribution < -0.4 is 0 Å². The Bertz CT molecular complexity index is 903. The minimum Gasteiger partial charge on any atom is -0.437 e. The number of piperidine rings is 2. The number of nitrogens with zero attached hydrogens (tertiary/aromatic N) is 3. The Kier molecular flexibility index (Phi) is 6.83. The highest BCUT2D eigenvalue weighted by Gasteiger charge is 2.36. The molecule has 2 aliphatic heterocycles. The molecule has 4 nitrogen and oxygen atoms in total. The van der Waals surface area contributed by atoms with E-state index in [1.165, 1.54) is 48.1 Å². The average Bonchev–Trinajstić information content (AvgIpc) is 2.95. The molecule has 0 radical (unpaired) electrons. The van der Waals surface area contributed by atoms with Crippen LogP contribution >= 0.6 is 23.2 Å². The van der Waals surface area contributed by atoms with E-state index in [1.54, 1.807) is 6.20 Å². The van der Waals surface area contributed by atoms with Gasteiger partial charge in [-0.2, -0.15) is 0 Å². The van der Waals surface area contributed by atoms with Gasteiger partial charge in [0.15, 0.2) is 0 Å². The molecule has 2 saturated heterocycles. The summed E-state index contributed by atoms with van der Waals surface area (Å²) in [7, 11) is -0.317. The van der Waals surface area contributed by atoms with Gasteiger partial charge >= 0.3 is 7.05 Å². The summed E-state index contributed by atoms with van der Waals surface area (Å²) in [6.07, 6.45) is 8.62. The van der Waals surface area contributed by atoms with Gasteiger partial charge in [0.25, 0.3) is 0 Å². The second-order valence-corrected chi connectivity index (χ2v) is 10.7. The SMILES string of the molecule is CB(O)N1CCC(C2CCN(C3c4ccc(Cl)cc4CCc4cc(Cl)cnc43)CC2)CC1. The molecule has 0 saturated carbocycles. The molecule has 7 heteroatoms. The zero-order valence-electron chi connectivity index (χ0n) is 18.8. The van der Waals surface area contributed by atoms with Crippen LogP contribution in [0.25, 0.3) is 0 Å². The molecule has 0 spiro atoms. The fourth-order valence-electron chi connectivity index (χ4n) is 6.20. The molecule has 32 heavy (non-hydrogen) atoms. The molecule has 1 aromatic carbocycles. The van der Waals surface area contributed by atoms with E-state index in [2.05, 4.69) is 27.9 Å². The summed E-state index contributed by atoms with van der Waals surface area (Å²) < 4.78 is 0. The van der Waals surface area contributed by atoms with Crippen LogP contribution in [-0.2, 0) is 12.8 Å². The summed E-state index contributed by atoms with van der Waals surface area (Å²) in [5, 5.41) is 11.4. The largest absolute Gasteiger partial charge is 0.437 e. The second kappa shape index (κ2) is 9.64. The van der Waals surface area contributed by atoms with Crippen molar-refractivity contribution in [3.63, 3.8) is 0 Å². The first-order chi connectivity index (χ1) is 15.5. The van der Waals surface area contributed by atoms with Crippen molar-refractivity contribution < 1.29 is 5.02 Å².